The molecule has 2 unspecified atom stereocenters. The largest absolute Gasteiger partial charge is 0.324 e. The molecule has 1 aromatic carbocycles. The molecule has 1 nitrogen and oxygen atoms in total. The summed E-state index contributed by atoms with van der Waals surface area (Å²) in [7, 11) is 0. The Balaban J connectivity index is 2.49. The molecule has 1 heterocycles. The zero-order chi connectivity index (χ0) is 10.4. The molecule has 0 aliphatic heterocycles. The first-order valence-corrected chi connectivity index (χ1v) is 6.04. The highest BCUT2D eigenvalue weighted by atomic mass is 32.1. The molecule has 0 saturated carbocycles. The molecule has 0 bridgehead atoms. The maximum Gasteiger partial charge on any atom is 0.0355 e. The molecule has 2 atom stereocenters. The van der Waals surface area contributed by atoms with E-state index in [1.165, 1.54) is 19.8 Å². The van der Waals surface area contributed by atoms with Crippen molar-refractivity contribution in [2.75, 3.05) is 0 Å². The first-order valence-electron chi connectivity index (χ1n) is 5.22. The average Bonchev–Trinajstić information content (AvgIpc) is 2.57. The zero-order valence-electron chi connectivity index (χ0n) is 8.60. The first-order chi connectivity index (χ1) is 7.25. The van der Waals surface area contributed by atoms with Crippen molar-refractivity contribution in [3.63, 3.8) is 0 Å². The van der Waals surface area contributed by atoms with Gasteiger partial charge in [-0.3, -0.25) is 0 Å². The van der Waals surface area contributed by atoms with Gasteiger partial charge < -0.3 is 5.73 Å². The molecular formula is C13H13NS. The molecular weight excluding hydrogens is 202 g/mol. The van der Waals surface area contributed by atoms with Gasteiger partial charge in [0.1, 0.15) is 0 Å². The number of fused-ring (bicyclic) bond motifs is 3. The fourth-order valence-electron chi connectivity index (χ4n) is 2.08. The summed E-state index contributed by atoms with van der Waals surface area (Å²) < 4.78 is 2.69. The van der Waals surface area contributed by atoms with Gasteiger partial charge in [-0.05, 0) is 28.7 Å². The van der Waals surface area contributed by atoms with E-state index in [0.29, 0.717) is 5.92 Å². The van der Waals surface area contributed by atoms with Crippen LogP contribution in [-0.4, -0.2) is 6.04 Å². The van der Waals surface area contributed by atoms with Crippen molar-refractivity contribution in [2.45, 2.75) is 13.0 Å². The third kappa shape index (κ3) is 1.33. The lowest BCUT2D eigenvalue weighted by Crippen LogP contribution is -2.35. The number of nitrogens with two attached hydrogens (primary N) is 1. The van der Waals surface area contributed by atoms with Crippen LogP contribution in [0, 0.1) is 5.92 Å². The quantitative estimate of drug-likeness (QED) is 0.707. The minimum Gasteiger partial charge on any atom is -0.324 e. The topological polar surface area (TPSA) is 26.0 Å². The van der Waals surface area contributed by atoms with E-state index >= 15 is 0 Å². The highest BCUT2D eigenvalue weighted by molar-refractivity contribution is 7.17. The van der Waals surface area contributed by atoms with Crippen molar-refractivity contribution in [2.24, 2.45) is 11.7 Å². The molecule has 2 aromatic rings. The molecule has 0 spiro atoms. The summed E-state index contributed by atoms with van der Waals surface area (Å²) in [5.74, 6) is 0.440. The van der Waals surface area contributed by atoms with Crippen LogP contribution in [0.15, 0.2) is 24.3 Å². The van der Waals surface area contributed by atoms with Crippen LogP contribution in [0.2, 0.25) is 0 Å². The van der Waals surface area contributed by atoms with Crippen molar-refractivity contribution >= 4 is 33.6 Å². The van der Waals surface area contributed by atoms with Crippen molar-refractivity contribution in [1.82, 2.24) is 0 Å². The molecule has 2 N–H and O–H groups in total. The fourth-order valence-corrected chi connectivity index (χ4v) is 3.27. The van der Waals surface area contributed by atoms with Crippen LogP contribution in [-0.2, 0) is 0 Å². The maximum absolute atomic E-state index is 6.03. The van der Waals surface area contributed by atoms with Gasteiger partial charge in [0.15, 0.2) is 0 Å². The second kappa shape index (κ2) is 3.19. The van der Waals surface area contributed by atoms with Gasteiger partial charge in [-0.15, -0.1) is 11.3 Å². The van der Waals surface area contributed by atoms with Crippen LogP contribution < -0.4 is 15.5 Å². The van der Waals surface area contributed by atoms with Crippen molar-refractivity contribution < 1.29 is 0 Å². The normalized spacial score (nSPS) is 24.4. The molecule has 76 valence electrons. The highest BCUT2D eigenvalue weighted by Crippen LogP contribution is 2.15. The van der Waals surface area contributed by atoms with E-state index < -0.39 is 0 Å². The SMILES string of the molecule is CC1C=c2c(sc3ccccc23)=CC1N. The first kappa shape index (κ1) is 9.13. The standard InChI is InChI=1S/C13H13NS/c1-8-6-10-9-4-2-3-5-12(9)15-13(10)7-11(8)14/h2-8,11H,14H2,1H3. The Morgan fingerprint density at radius 3 is 2.87 bits per heavy atom. The van der Waals surface area contributed by atoms with E-state index in [9.17, 15) is 0 Å². The molecule has 15 heavy (non-hydrogen) atoms. The number of benzene rings is 1. The average molecular weight is 215 g/mol. The predicted octanol–water partition coefficient (Wildman–Crippen LogP) is 1.44. The van der Waals surface area contributed by atoms with Crippen LogP contribution in [0.25, 0.3) is 22.2 Å². The Hall–Kier alpha value is -1.12. The van der Waals surface area contributed by atoms with Gasteiger partial charge >= 0.3 is 0 Å². The molecule has 2 heteroatoms. The van der Waals surface area contributed by atoms with Gasteiger partial charge in [0.05, 0.1) is 0 Å². The number of hydrogen-bond acceptors (Lipinski definition) is 2. The van der Waals surface area contributed by atoms with Gasteiger partial charge in [-0.1, -0.05) is 31.2 Å². The lowest BCUT2D eigenvalue weighted by molar-refractivity contribution is 0.682. The Morgan fingerprint density at radius 1 is 1.20 bits per heavy atom. The minimum absolute atomic E-state index is 0.172. The van der Waals surface area contributed by atoms with Crippen LogP contribution in [0.1, 0.15) is 6.92 Å². The van der Waals surface area contributed by atoms with Crippen molar-refractivity contribution in [1.29, 1.82) is 0 Å². The van der Waals surface area contributed by atoms with E-state index in [1.807, 2.05) is 11.3 Å². The second-order valence-electron chi connectivity index (χ2n) is 4.15. The smallest absolute Gasteiger partial charge is 0.0355 e. The molecule has 1 aliphatic rings. The Morgan fingerprint density at radius 2 is 2.00 bits per heavy atom. The molecule has 0 amide bonds. The van der Waals surface area contributed by atoms with E-state index in [-0.39, 0.29) is 6.04 Å². The van der Waals surface area contributed by atoms with Gasteiger partial charge in [0.2, 0.25) is 0 Å². The van der Waals surface area contributed by atoms with E-state index in [1.54, 1.807) is 0 Å². The van der Waals surface area contributed by atoms with Crippen LogP contribution >= 0.6 is 11.3 Å². The van der Waals surface area contributed by atoms with Crippen molar-refractivity contribution in [3.05, 3.63) is 34.0 Å². The zero-order valence-corrected chi connectivity index (χ0v) is 9.42. The Labute approximate surface area is 92.5 Å². The van der Waals surface area contributed by atoms with Gasteiger partial charge in [0, 0.05) is 15.3 Å². The van der Waals surface area contributed by atoms with Crippen LogP contribution in [0.3, 0.4) is 0 Å². The fraction of sp³-hybridized carbons (Fsp3) is 0.231. The summed E-state index contributed by atoms with van der Waals surface area (Å²) in [5.41, 5.74) is 6.03. The number of hydrogen-bond donors (Lipinski definition) is 1. The Kier molecular flexibility index (Phi) is 1.94. The number of rotatable bonds is 0. The summed E-state index contributed by atoms with van der Waals surface area (Å²) in [6.07, 6.45) is 4.50. The molecule has 0 radical (unpaired) electrons. The summed E-state index contributed by atoms with van der Waals surface area (Å²) in [6, 6.07) is 8.73. The third-order valence-electron chi connectivity index (χ3n) is 3.04. The van der Waals surface area contributed by atoms with Gasteiger partial charge in [-0.25, -0.2) is 0 Å². The number of thiophene rings is 1. The molecule has 3 rings (SSSR count). The molecule has 0 saturated heterocycles. The van der Waals surface area contributed by atoms with Crippen LogP contribution in [0.4, 0.5) is 0 Å². The second-order valence-corrected chi connectivity index (χ2v) is 5.23. The maximum atomic E-state index is 6.03. The van der Waals surface area contributed by atoms with E-state index in [4.69, 9.17) is 5.73 Å². The van der Waals surface area contributed by atoms with Gasteiger partial charge in [0.25, 0.3) is 0 Å². The molecule has 1 aromatic heterocycles. The summed E-state index contributed by atoms with van der Waals surface area (Å²) in [5, 5.41) is 2.75. The van der Waals surface area contributed by atoms with Crippen LogP contribution in [0.5, 0.6) is 0 Å². The molecule has 1 aliphatic carbocycles. The lowest BCUT2D eigenvalue weighted by atomic mass is 9.97. The summed E-state index contributed by atoms with van der Waals surface area (Å²) in [6.45, 7) is 2.18. The third-order valence-corrected chi connectivity index (χ3v) is 4.19. The summed E-state index contributed by atoms with van der Waals surface area (Å²) >= 11 is 1.84. The predicted molar refractivity (Wildman–Crippen MR) is 67.1 cm³/mol. The highest BCUT2D eigenvalue weighted by Gasteiger charge is 2.13. The molecule has 0 fully saturated rings. The monoisotopic (exact) mass is 215 g/mol. The van der Waals surface area contributed by atoms with Gasteiger partial charge in [-0.2, -0.15) is 0 Å². The Bertz CT molecular complexity index is 624. The van der Waals surface area contributed by atoms with Crippen molar-refractivity contribution in [3.8, 4) is 0 Å². The minimum atomic E-state index is 0.172. The van der Waals surface area contributed by atoms with E-state index in [0.717, 1.165) is 0 Å². The lowest BCUT2D eigenvalue weighted by Gasteiger charge is -2.14. The summed E-state index contributed by atoms with van der Waals surface area (Å²) in [4.78, 5) is 0. The van der Waals surface area contributed by atoms with E-state index in [2.05, 4.69) is 43.3 Å².